The number of ether oxygens (including phenoxy) is 4. The summed E-state index contributed by atoms with van der Waals surface area (Å²) in [6.07, 6.45) is 19.2. The van der Waals surface area contributed by atoms with E-state index in [0.717, 1.165) is 30.5 Å². The fourth-order valence-corrected chi connectivity index (χ4v) is 6.41. The van der Waals surface area contributed by atoms with Crippen molar-refractivity contribution in [3.05, 3.63) is 59.3 Å². The Morgan fingerprint density at radius 3 is 2.90 bits per heavy atom. The third kappa shape index (κ3) is 8.83. The van der Waals surface area contributed by atoms with Crippen molar-refractivity contribution in [3.63, 3.8) is 0 Å². The topological polar surface area (TPSA) is 107 Å². The van der Waals surface area contributed by atoms with E-state index in [-0.39, 0.29) is 37.1 Å². The average molecular weight is 584 g/mol. The first kappa shape index (κ1) is 32.6. The zero-order valence-electron chi connectivity index (χ0n) is 25.6. The van der Waals surface area contributed by atoms with Gasteiger partial charge in [-0.15, -0.1) is 0 Å². The van der Waals surface area contributed by atoms with E-state index in [4.69, 9.17) is 18.9 Å². The normalized spacial score (nSPS) is 36.0. The van der Waals surface area contributed by atoms with E-state index in [1.165, 1.54) is 11.1 Å². The lowest BCUT2D eigenvalue weighted by Gasteiger charge is -2.47. The van der Waals surface area contributed by atoms with Crippen LogP contribution in [0.25, 0.3) is 0 Å². The molecule has 3 saturated heterocycles. The maximum absolute atomic E-state index is 11.3. The first-order chi connectivity index (χ1) is 20.2. The highest BCUT2D eigenvalue weighted by molar-refractivity contribution is 5.86. The Bertz CT molecular complexity index is 1100. The highest BCUT2D eigenvalue weighted by Gasteiger charge is 2.48. The van der Waals surface area contributed by atoms with Crippen molar-refractivity contribution >= 4 is 12.2 Å². The summed E-state index contributed by atoms with van der Waals surface area (Å²) in [5.41, 5.74) is 4.38. The molecule has 4 aliphatic rings. The molecule has 4 unspecified atom stereocenters. The van der Waals surface area contributed by atoms with E-state index in [9.17, 15) is 15.0 Å². The third-order valence-electron chi connectivity index (χ3n) is 8.64. The first-order valence-electron chi connectivity index (χ1n) is 15.5. The van der Waals surface area contributed by atoms with E-state index < -0.39 is 11.9 Å². The van der Waals surface area contributed by atoms with Crippen LogP contribution in [0.2, 0.25) is 0 Å². The van der Waals surface area contributed by atoms with E-state index >= 15 is 0 Å². The van der Waals surface area contributed by atoms with Crippen LogP contribution in [0.15, 0.2) is 64.2 Å². The van der Waals surface area contributed by atoms with Gasteiger partial charge in [-0.3, -0.25) is 9.79 Å². The van der Waals surface area contributed by atoms with Crippen LogP contribution in [0, 0.1) is 11.8 Å². The van der Waals surface area contributed by atoms with Crippen molar-refractivity contribution in [2.75, 3.05) is 13.3 Å². The lowest BCUT2D eigenvalue weighted by atomic mass is 9.82. The van der Waals surface area contributed by atoms with Gasteiger partial charge in [0.15, 0.2) is 5.79 Å². The molecular formula is C34H49NO7. The molecule has 3 heterocycles. The molecule has 1 spiro atoms. The predicted molar refractivity (Wildman–Crippen MR) is 163 cm³/mol. The number of nitrogens with zero attached hydrogens (tertiary/aromatic N) is 1. The zero-order chi connectivity index (χ0) is 30.1. The standard InChI is InChI=1S/C34H49NO7/c1-23(2)10-13-28-16-27(35-21-36)18-34(41-28)19-30(40-22-37)17-29(42-34)14-11-24(3)8-6-5-7-9-26-20-39-33-31(26)15-12-25(4)32(33)38/h5,7,9-13,22-23,28-33,36,38H,6,8,14-21H2,1-4H3/b7-5+,13-10+,24-11+,26-9+,35-27-/t28?,29?,30-,31?,32+,33?,34-/m0/s1. The second kappa shape index (κ2) is 15.4. The van der Waals surface area contributed by atoms with E-state index in [2.05, 4.69) is 62.2 Å². The van der Waals surface area contributed by atoms with Crippen LogP contribution in [-0.4, -0.2) is 72.0 Å². The molecular weight excluding hydrogens is 534 g/mol. The quantitative estimate of drug-likeness (QED) is 0.244. The van der Waals surface area contributed by atoms with Crippen molar-refractivity contribution in [2.45, 2.75) is 115 Å². The summed E-state index contributed by atoms with van der Waals surface area (Å²) in [5.74, 6) is -0.299. The number of aliphatic hydroxyl groups excluding tert-OH is 2. The van der Waals surface area contributed by atoms with Crippen molar-refractivity contribution in [2.24, 2.45) is 16.8 Å². The Labute approximate surface area is 250 Å². The number of carbonyl (C=O) groups excluding carboxylic acids is 1. The molecule has 0 aromatic carbocycles. The summed E-state index contributed by atoms with van der Waals surface area (Å²) >= 11 is 0. The summed E-state index contributed by atoms with van der Waals surface area (Å²) < 4.78 is 24.4. The minimum absolute atomic E-state index is 0.118. The molecule has 4 rings (SSSR count). The van der Waals surface area contributed by atoms with Gasteiger partial charge in [0.05, 0.1) is 24.9 Å². The van der Waals surface area contributed by atoms with Gasteiger partial charge in [0, 0.05) is 37.3 Å². The van der Waals surface area contributed by atoms with Crippen LogP contribution in [0.4, 0.5) is 0 Å². The van der Waals surface area contributed by atoms with Gasteiger partial charge in [0.25, 0.3) is 6.47 Å². The fourth-order valence-electron chi connectivity index (χ4n) is 6.41. The first-order valence-corrected chi connectivity index (χ1v) is 15.5. The Kier molecular flexibility index (Phi) is 11.9. The Hall–Kier alpha value is -2.36. The number of aliphatic hydroxyl groups is 2. The number of fused-ring (bicyclic) bond motifs is 1. The number of rotatable bonds is 11. The summed E-state index contributed by atoms with van der Waals surface area (Å²) in [7, 11) is 0. The van der Waals surface area contributed by atoms with Gasteiger partial charge in [0.2, 0.25) is 0 Å². The Balaban J connectivity index is 1.33. The van der Waals surface area contributed by atoms with Crippen molar-refractivity contribution in [3.8, 4) is 0 Å². The number of hydrogen-bond donors (Lipinski definition) is 2. The molecule has 0 aromatic rings. The summed E-state index contributed by atoms with van der Waals surface area (Å²) in [5, 5.41) is 19.9. The monoisotopic (exact) mass is 583 g/mol. The van der Waals surface area contributed by atoms with Crippen molar-refractivity contribution in [1.82, 2.24) is 0 Å². The number of hydrogen-bond acceptors (Lipinski definition) is 8. The van der Waals surface area contributed by atoms with Crippen LogP contribution in [0.1, 0.15) is 79.1 Å². The third-order valence-corrected chi connectivity index (χ3v) is 8.64. The zero-order valence-corrected chi connectivity index (χ0v) is 25.6. The molecule has 232 valence electrons. The van der Waals surface area contributed by atoms with Crippen molar-refractivity contribution in [1.29, 1.82) is 0 Å². The number of aliphatic imine (C=N–C) groups is 1. The van der Waals surface area contributed by atoms with Gasteiger partial charge in [-0.05, 0) is 56.6 Å². The second-order valence-corrected chi connectivity index (χ2v) is 12.5. The molecule has 0 bridgehead atoms. The molecule has 0 amide bonds. The molecule has 8 nitrogen and oxygen atoms in total. The van der Waals surface area contributed by atoms with E-state index in [1.807, 2.05) is 13.0 Å². The molecule has 0 aromatic heterocycles. The maximum Gasteiger partial charge on any atom is 0.293 e. The predicted octanol–water partition coefficient (Wildman–Crippen LogP) is 5.51. The fraction of sp³-hybridized carbons (Fsp3) is 0.647. The van der Waals surface area contributed by atoms with Gasteiger partial charge in [0.1, 0.15) is 18.9 Å². The molecule has 2 N–H and O–H groups in total. The van der Waals surface area contributed by atoms with Crippen LogP contribution in [-0.2, 0) is 23.7 Å². The van der Waals surface area contributed by atoms with Crippen LogP contribution in [0.3, 0.4) is 0 Å². The molecule has 8 heteroatoms. The minimum atomic E-state index is -0.946. The molecule has 1 aliphatic carbocycles. The number of carbonyl (C=O) groups is 1. The van der Waals surface area contributed by atoms with Crippen LogP contribution in [0.5, 0.6) is 0 Å². The minimum Gasteiger partial charge on any atom is -0.464 e. The lowest BCUT2D eigenvalue weighted by Crippen LogP contribution is -2.54. The van der Waals surface area contributed by atoms with Crippen molar-refractivity contribution < 1.29 is 34.0 Å². The Morgan fingerprint density at radius 1 is 1.31 bits per heavy atom. The Morgan fingerprint density at radius 2 is 2.14 bits per heavy atom. The highest BCUT2D eigenvalue weighted by Crippen LogP contribution is 2.41. The summed E-state index contributed by atoms with van der Waals surface area (Å²) in [6.45, 7) is 9.15. The maximum atomic E-state index is 11.3. The smallest absolute Gasteiger partial charge is 0.293 e. The number of allylic oxidation sites excluding steroid dienone is 6. The average Bonchev–Trinajstić information content (AvgIpc) is 3.36. The molecule has 0 saturated carbocycles. The highest BCUT2D eigenvalue weighted by atomic mass is 16.7. The van der Waals surface area contributed by atoms with Gasteiger partial charge in [-0.1, -0.05) is 62.0 Å². The van der Waals surface area contributed by atoms with Gasteiger partial charge < -0.3 is 29.2 Å². The molecule has 3 aliphatic heterocycles. The molecule has 7 atom stereocenters. The SMILES string of the molecule is CC1=CCC2/C(=C/C=C/CC/C(C)=C/CC3C[C@H](OC=O)C[C@]4(C/C(=N\CO)CC(/C=C/C(C)C)O4)O3)COC2[C@@H]1O. The van der Waals surface area contributed by atoms with Gasteiger partial charge >= 0.3 is 0 Å². The largest absolute Gasteiger partial charge is 0.464 e. The van der Waals surface area contributed by atoms with Gasteiger partial charge in [-0.25, -0.2) is 0 Å². The van der Waals surface area contributed by atoms with Crippen LogP contribution >= 0.6 is 0 Å². The lowest BCUT2D eigenvalue weighted by molar-refractivity contribution is -0.306. The van der Waals surface area contributed by atoms with E-state index in [1.54, 1.807) is 0 Å². The second-order valence-electron chi connectivity index (χ2n) is 12.5. The van der Waals surface area contributed by atoms with E-state index in [0.29, 0.717) is 51.1 Å². The van der Waals surface area contributed by atoms with Gasteiger partial charge in [-0.2, -0.15) is 0 Å². The molecule has 3 fully saturated rings. The molecule has 42 heavy (non-hydrogen) atoms. The summed E-state index contributed by atoms with van der Waals surface area (Å²) in [6, 6.07) is 0. The summed E-state index contributed by atoms with van der Waals surface area (Å²) in [4.78, 5) is 15.6. The molecule has 0 radical (unpaired) electrons. The van der Waals surface area contributed by atoms with Crippen LogP contribution < -0.4 is 0 Å².